The van der Waals surface area contributed by atoms with E-state index in [0.29, 0.717) is 17.5 Å². The van der Waals surface area contributed by atoms with Crippen LogP contribution in [-0.2, 0) is 20.7 Å². The van der Waals surface area contributed by atoms with Crippen LogP contribution in [0.2, 0.25) is 0 Å². The van der Waals surface area contributed by atoms with Crippen molar-refractivity contribution in [2.75, 3.05) is 13.7 Å². The van der Waals surface area contributed by atoms with Crippen molar-refractivity contribution in [2.45, 2.75) is 31.0 Å². The lowest BCUT2D eigenvalue weighted by atomic mass is 9.97. The maximum atomic E-state index is 14.1. The van der Waals surface area contributed by atoms with Gasteiger partial charge in [0.15, 0.2) is 0 Å². The zero-order valence-corrected chi connectivity index (χ0v) is 17.0. The van der Waals surface area contributed by atoms with Gasteiger partial charge >= 0.3 is 18.1 Å². The Balaban J connectivity index is 1.60. The first-order chi connectivity index (χ1) is 15.1. The van der Waals surface area contributed by atoms with E-state index in [9.17, 15) is 31.9 Å². The van der Waals surface area contributed by atoms with Crippen molar-refractivity contribution in [1.29, 1.82) is 0 Å². The van der Waals surface area contributed by atoms with Gasteiger partial charge < -0.3 is 15.4 Å². The number of esters is 1. The van der Waals surface area contributed by atoms with Crippen molar-refractivity contribution in [1.82, 2.24) is 10.6 Å². The van der Waals surface area contributed by atoms with Crippen LogP contribution in [0.3, 0.4) is 0 Å². The summed E-state index contributed by atoms with van der Waals surface area (Å²) in [5.41, 5.74) is 0.0788. The lowest BCUT2D eigenvalue weighted by Gasteiger charge is -2.18. The molecule has 32 heavy (non-hydrogen) atoms. The summed E-state index contributed by atoms with van der Waals surface area (Å²) in [5.74, 6) is -4.29. The van der Waals surface area contributed by atoms with Gasteiger partial charge in [-0.25, -0.2) is 9.18 Å². The molecule has 1 aliphatic rings. The average Bonchev–Trinajstić information content (AvgIpc) is 3.53. The van der Waals surface area contributed by atoms with Gasteiger partial charge in [0.1, 0.15) is 16.9 Å². The second kappa shape index (κ2) is 8.97. The molecule has 0 aliphatic heterocycles. The Morgan fingerprint density at radius 3 is 2.28 bits per heavy atom. The Labute approximate surface area is 180 Å². The van der Waals surface area contributed by atoms with Crippen LogP contribution < -0.4 is 10.6 Å². The number of halogens is 4. The van der Waals surface area contributed by atoms with Crippen molar-refractivity contribution in [3.63, 3.8) is 0 Å². The Bertz CT molecular complexity index is 1030. The van der Waals surface area contributed by atoms with Gasteiger partial charge in [0, 0.05) is 6.54 Å². The standard InChI is InChI=1S/C22H20F4N2O4/c1-32-18(29)17-15(3-2-4-16(17)23)14-7-5-13(6-8-14)9-12-27-19(30)21(10-11-21)28-20(31)22(24,25)26/h2-8H,9-12H2,1H3,(H,27,30)(H,28,31). The third-order valence-corrected chi connectivity index (χ3v) is 5.16. The fourth-order valence-electron chi connectivity index (χ4n) is 3.24. The Hall–Kier alpha value is -3.43. The largest absolute Gasteiger partial charge is 0.471 e. The number of methoxy groups -OCH3 is 1. The van der Waals surface area contributed by atoms with Crippen LogP contribution >= 0.6 is 0 Å². The Morgan fingerprint density at radius 2 is 1.72 bits per heavy atom. The summed E-state index contributed by atoms with van der Waals surface area (Å²) in [5, 5.41) is 4.31. The summed E-state index contributed by atoms with van der Waals surface area (Å²) >= 11 is 0. The Morgan fingerprint density at radius 1 is 1.06 bits per heavy atom. The topological polar surface area (TPSA) is 84.5 Å². The predicted molar refractivity (Wildman–Crippen MR) is 106 cm³/mol. The highest BCUT2D eigenvalue weighted by Crippen LogP contribution is 2.36. The molecule has 2 aromatic rings. The van der Waals surface area contributed by atoms with Crippen LogP contribution in [0.1, 0.15) is 28.8 Å². The van der Waals surface area contributed by atoms with Crippen molar-refractivity contribution in [3.05, 3.63) is 59.4 Å². The number of alkyl halides is 3. The minimum Gasteiger partial charge on any atom is -0.465 e. The first-order valence-electron chi connectivity index (χ1n) is 9.71. The number of ether oxygens (including phenoxy) is 1. The van der Waals surface area contributed by atoms with Gasteiger partial charge in [-0.05, 0) is 42.0 Å². The molecule has 0 aromatic heterocycles. The molecular weight excluding hydrogens is 432 g/mol. The van der Waals surface area contributed by atoms with E-state index in [-0.39, 0.29) is 24.9 Å². The molecule has 0 unspecified atom stereocenters. The lowest BCUT2D eigenvalue weighted by Crippen LogP contribution is -2.52. The van der Waals surface area contributed by atoms with Gasteiger partial charge in [0.2, 0.25) is 5.91 Å². The zero-order valence-electron chi connectivity index (χ0n) is 17.0. The van der Waals surface area contributed by atoms with Gasteiger partial charge in [-0.3, -0.25) is 9.59 Å². The summed E-state index contributed by atoms with van der Waals surface area (Å²) in [4.78, 5) is 35.2. The molecule has 2 amide bonds. The van der Waals surface area contributed by atoms with Gasteiger partial charge in [0.25, 0.3) is 0 Å². The molecule has 0 saturated heterocycles. The number of rotatable bonds is 7. The normalized spacial score (nSPS) is 14.4. The predicted octanol–water partition coefficient (Wildman–Crippen LogP) is 3.15. The SMILES string of the molecule is COC(=O)c1c(F)cccc1-c1ccc(CCNC(=O)C2(NC(=O)C(F)(F)F)CC2)cc1. The molecule has 2 aromatic carbocycles. The van der Waals surface area contributed by atoms with Crippen molar-refractivity contribution >= 4 is 17.8 Å². The van der Waals surface area contributed by atoms with E-state index in [4.69, 9.17) is 0 Å². The highest BCUT2D eigenvalue weighted by molar-refractivity contribution is 5.97. The first-order valence-corrected chi connectivity index (χ1v) is 9.71. The molecule has 170 valence electrons. The first kappa shape index (κ1) is 23.2. The zero-order chi connectivity index (χ0) is 23.5. The second-order valence-electron chi connectivity index (χ2n) is 7.39. The van der Waals surface area contributed by atoms with E-state index in [1.807, 2.05) is 0 Å². The lowest BCUT2D eigenvalue weighted by molar-refractivity contribution is -0.175. The quantitative estimate of drug-likeness (QED) is 0.500. The summed E-state index contributed by atoms with van der Waals surface area (Å²) in [7, 11) is 1.16. The monoisotopic (exact) mass is 452 g/mol. The van der Waals surface area contributed by atoms with Crippen molar-refractivity contribution < 1.29 is 36.7 Å². The molecule has 10 heteroatoms. The summed E-state index contributed by atoms with van der Waals surface area (Å²) in [6, 6.07) is 11.1. The minimum atomic E-state index is -5.05. The molecular formula is C22H20F4N2O4. The van der Waals surface area contributed by atoms with E-state index in [1.54, 1.807) is 35.6 Å². The molecule has 0 spiro atoms. The van der Waals surface area contributed by atoms with Crippen molar-refractivity contribution in [3.8, 4) is 11.1 Å². The van der Waals surface area contributed by atoms with Gasteiger partial charge in [-0.15, -0.1) is 0 Å². The van der Waals surface area contributed by atoms with Gasteiger partial charge in [-0.2, -0.15) is 13.2 Å². The molecule has 1 aliphatic carbocycles. The Kier molecular flexibility index (Phi) is 6.52. The fourth-order valence-corrected chi connectivity index (χ4v) is 3.24. The maximum Gasteiger partial charge on any atom is 0.471 e. The van der Waals surface area contributed by atoms with Crippen LogP contribution in [0.4, 0.5) is 17.6 Å². The number of hydrogen-bond donors (Lipinski definition) is 2. The molecule has 1 fully saturated rings. The van der Waals surface area contributed by atoms with Crippen LogP contribution in [-0.4, -0.2) is 43.2 Å². The molecule has 3 rings (SSSR count). The van der Waals surface area contributed by atoms with Crippen molar-refractivity contribution in [2.24, 2.45) is 0 Å². The van der Waals surface area contributed by atoms with E-state index < -0.39 is 35.3 Å². The number of amides is 2. The molecule has 0 heterocycles. The molecule has 6 nitrogen and oxygen atoms in total. The van der Waals surface area contributed by atoms with Crippen LogP contribution in [0.15, 0.2) is 42.5 Å². The highest BCUT2D eigenvalue weighted by Gasteiger charge is 2.54. The van der Waals surface area contributed by atoms with E-state index in [1.165, 1.54) is 6.07 Å². The average molecular weight is 452 g/mol. The van der Waals surface area contributed by atoms with Gasteiger partial charge in [0.05, 0.1) is 7.11 Å². The van der Waals surface area contributed by atoms with Crippen LogP contribution in [0.5, 0.6) is 0 Å². The summed E-state index contributed by atoms with van der Waals surface area (Å²) in [6.45, 7) is 0.148. The summed E-state index contributed by atoms with van der Waals surface area (Å²) in [6.07, 6.45) is -4.38. The molecule has 0 atom stereocenters. The number of hydrogen-bond acceptors (Lipinski definition) is 4. The molecule has 0 bridgehead atoms. The number of carbonyl (C=O) groups excluding carboxylic acids is 3. The summed E-state index contributed by atoms with van der Waals surface area (Å²) < 4.78 is 56.0. The highest BCUT2D eigenvalue weighted by atomic mass is 19.4. The molecule has 2 N–H and O–H groups in total. The third-order valence-electron chi connectivity index (χ3n) is 5.16. The second-order valence-corrected chi connectivity index (χ2v) is 7.39. The number of nitrogens with one attached hydrogen (secondary N) is 2. The van der Waals surface area contributed by atoms with Crippen LogP contribution in [0, 0.1) is 5.82 Å². The number of benzene rings is 2. The molecule has 0 radical (unpaired) electrons. The fraction of sp³-hybridized carbons (Fsp3) is 0.318. The maximum absolute atomic E-state index is 14.1. The molecule has 1 saturated carbocycles. The number of carbonyl (C=O) groups is 3. The van der Waals surface area contributed by atoms with Crippen LogP contribution in [0.25, 0.3) is 11.1 Å². The van der Waals surface area contributed by atoms with E-state index in [2.05, 4.69) is 10.1 Å². The van der Waals surface area contributed by atoms with Gasteiger partial charge in [-0.1, -0.05) is 36.4 Å². The van der Waals surface area contributed by atoms with E-state index in [0.717, 1.165) is 18.7 Å². The third kappa shape index (κ3) is 5.06. The minimum absolute atomic E-state index is 0.144. The smallest absolute Gasteiger partial charge is 0.465 e. The van der Waals surface area contributed by atoms with E-state index >= 15 is 0 Å².